The van der Waals surface area contributed by atoms with Crippen LogP contribution in [0.5, 0.6) is 16.6 Å². The predicted molar refractivity (Wildman–Crippen MR) is 122 cm³/mol. The van der Waals surface area contributed by atoms with Crippen LogP contribution < -0.4 is 9.47 Å². The van der Waals surface area contributed by atoms with Crippen molar-refractivity contribution < 1.29 is 14.3 Å². The first-order valence-electron chi connectivity index (χ1n) is 11.0. The number of aromatic nitrogens is 1. The number of piperidine rings is 1. The van der Waals surface area contributed by atoms with E-state index in [0.29, 0.717) is 18.6 Å². The van der Waals surface area contributed by atoms with Gasteiger partial charge in [-0.15, -0.1) is 0 Å². The molecule has 0 unspecified atom stereocenters. The predicted octanol–water partition coefficient (Wildman–Crippen LogP) is 4.55. The summed E-state index contributed by atoms with van der Waals surface area (Å²) in [6.45, 7) is 4.60. The molecule has 2 aliphatic rings. The van der Waals surface area contributed by atoms with E-state index in [-0.39, 0.29) is 0 Å². The lowest BCUT2D eigenvalue weighted by atomic mass is 10.0. The zero-order valence-corrected chi connectivity index (χ0v) is 18.4. The van der Waals surface area contributed by atoms with Gasteiger partial charge < -0.3 is 14.4 Å². The fraction of sp³-hybridized carbons (Fsp3) is 0.417. The Bertz CT molecular complexity index is 995. The van der Waals surface area contributed by atoms with E-state index in [9.17, 15) is 4.79 Å². The van der Waals surface area contributed by atoms with Gasteiger partial charge in [0.05, 0.1) is 10.2 Å². The van der Waals surface area contributed by atoms with Crippen molar-refractivity contribution in [1.29, 1.82) is 0 Å². The molecule has 0 N–H and O–H groups in total. The average Bonchev–Trinajstić information content (AvgIpc) is 3.41. The SMILES string of the molecule is O=C1CCCN1C1CCN(CCOc2ccc(Oc3cc4ncccc4s3)cc2)CC1. The van der Waals surface area contributed by atoms with E-state index in [1.54, 1.807) is 17.5 Å². The van der Waals surface area contributed by atoms with E-state index in [1.165, 1.54) is 0 Å². The van der Waals surface area contributed by atoms with E-state index in [0.717, 1.165) is 78.6 Å². The van der Waals surface area contributed by atoms with Crippen molar-refractivity contribution in [3.8, 4) is 16.6 Å². The minimum Gasteiger partial charge on any atom is -0.492 e. The summed E-state index contributed by atoms with van der Waals surface area (Å²) in [6.07, 6.45) is 5.70. The minimum absolute atomic E-state index is 0.346. The van der Waals surface area contributed by atoms with Gasteiger partial charge in [-0.05, 0) is 55.7 Å². The summed E-state index contributed by atoms with van der Waals surface area (Å²) in [4.78, 5) is 20.8. The average molecular weight is 438 g/mol. The van der Waals surface area contributed by atoms with Crippen molar-refractivity contribution in [2.45, 2.75) is 31.7 Å². The number of rotatable bonds is 7. The lowest BCUT2D eigenvalue weighted by Gasteiger charge is -2.36. The summed E-state index contributed by atoms with van der Waals surface area (Å²) in [5.41, 5.74) is 0.957. The molecule has 2 aromatic heterocycles. The molecule has 0 saturated carbocycles. The second kappa shape index (κ2) is 9.24. The van der Waals surface area contributed by atoms with Gasteiger partial charge in [-0.2, -0.15) is 0 Å². The van der Waals surface area contributed by atoms with Crippen LogP contribution in [0.1, 0.15) is 25.7 Å². The summed E-state index contributed by atoms with van der Waals surface area (Å²) in [5, 5.41) is 0.835. The van der Waals surface area contributed by atoms with Crippen molar-refractivity contribution in [1.82, 2.24) is 14.8 Å². The number of carbonyl (C=O) groups excluding carboxylic acids is 1. The topological polar surface area (TPSA) is 54.9 Å². The van der Waals surface area contributed by atoms with Crippen molar-refractivity contribution in [2.24, 2.45) is 0 Å². The van der Waals surface area contributed by atoms with Crippen molar-refractivity contribution in [2.75, 3.05) is 32.8 Å². The number of hydrogen-bond donors (Lipinski definition) is 0. The van der Waals surface area contributed by atoms with Gasteiger partial charge in [0, 0.05) is 50.9 Å². The molecule has 162 valence electrons. The molecule has 1 aromatic carbocycles. The number of nitrogens with zero attached hydrogens (tertiary/aromatic N) is 3. The number of fused-ring (bicyclic) bond motifs is 1. The van der Waals surface area contributed by atoms with Crippen LogP contribution in [0.2, 0.25) is 0 Å². The third kappa shape index (κ3) is 4.83. The molecular weight excluding hydrogens is 410 g/mol. The Hall–Kier alpha value is -2.64. The number of carbonyl (C=O) groups is 1. The van der Waals surface area contributed by atoms with Crippen LogP contribution in [0.3, 0.4) is 0 Å². The fourth-order valence-corrected chi connectivity index (χ4v) is 5.31. The molecular formula is C24H27N3O3S. The first-order chi connectivity index (χ1) is 15.2. The van der Waals surface area contributed by atoms with Crippen molar-refractivity contribution >= 4 is 27.5 Å². The number of amides is 1. The van der Waals surface area contributed by atoms with Crippen LogP contribution in [-0.2, 0) is 4.79 Å². The standard InChI is InChI=1S/C24H27N3O3S/c28-23-4-2-12-27(23)18-9-13-26(14-10-18)15-16-29-19-5-7-20(8-6-19)30-24-17-21-22(31-24)3-1-11-25-21/h1,3,5-8,11,17-18H,2,4,9-10,12-16H2. The quantitative estimate of drug-likeness (QED) is 0.543. The number of pyridine rings is 1. The molecule has 2 fully saturated rings. The normalized spacial score (nSPS) is 18.1. The lowest BCUT2D eigenvalue weighted by molar-refractivity contribution is -0.130. The van der Waals surface area contributed by atoms with Gasteiger partial charge >= 0.3 is 0 Å². The van der Waals surface area contributed by atoms with Gasteiger partial charge in [-0.25, -0.2) is 0 Å². The maximum Gasteiger partial charge on any atom is 0.222 e. The highest BCUT2D eigenvalue weighted by Crippen LogP contribution is 2.34. The molecule has 0 aliphatic carbocycles. The molecule has 4 heterocycles. The van der Waals surface area contributed by atoms with E-state index in [4.69, 9.17) is 9.47 Å². The second-order valence-electron chi connectivity index (χ2n) is 8.14. The molecule has 0 radical (unpaired) electrons. The number of ether oxygens (including phenoxy) is 2. The molecule has 31 heavy (non-hydrogen) atoms. The lowest BCUT2D eigenvalue weighted by Crippen LogP contribution is -2.46. The Morgan fingerprint density at radius 1 is 1.06 bits per heavy atom. The monoisotopic (exact) mass is 437 g/mol. The molecule has 5 rings (SSSR count). The van der Waals surface area contributed by atoms with Crippen molar-refractivity contribution in [3.05, 3.63) is 48.7 Å². The minimum atomic E-state index is 0.346. The zero-order chi connectivity index (χ0) is 21.0. The Morgan fingerprint density at radius 3 is 2.61 bits per heavy atom. The van der Waals surface area contributed by atoms with E-state index < -0.39 is 0 Å². The summed E-state index contributed by atoms with van der Waals surface area (Å²) in [5.74, 6) is 1.98. The maximum atomic E-state index is 11.9. The van der Waals surface area contributed by atoms with Gasteiger partial charge in [0.15, 0.2) is 5.06 Å². The van der Waals surface area contributed by atoms with Crippen LogP contribution in [-0.4, -0.2) is 59.5 Å². The number of likely N-dealkylation sites (tertiary alicyclic amines) is 2. The number of hydrogen-bond acceptors (Lipinski definition) is 6. The van der Waals surface area contributed by atoms with E-state index >= 15 is 0 Å². The van der Waals surface area contributed by atoms with Crippen molar-refractivity contribution in [3.63, 3.8) is 0 Å². The van der Waals surface area contributed by atoms with Crippen LogP contribution in [0.4, 0.5) is 0 Å². The second-order valence-corrected chi connectivity index (χ2v) is 9.18. The maximum absolute atomic E-state index is 11.9. The smallest absolute Gasteiger partial charge is 0.222 e. The molecule has 0 atom stereocenters. The van der Waals surface area contributed by atoms with E-state index in [2.05, 4.69) is 14.8 Å². The fourth-order valence-electron chi connectivity index (χ4n) is 4.42. The largest absolute Gasteiger partial charge is 0.492 e. The first kappa shape index (κ1) is 20.3. The van der Waals surface area contributed by atoms with Gasteiger partial charge in [-0.3, -0.25) is 14.7 Å². The zero-order valence-electron chi connectivity index (χ0n) is 17.5. The molecule has 6 nitrogen and oxygen atoms in total. The van der Waals surface area contributed by atoms with Crippen LogP contribution in [0, 0.1) is 0 Å². The molecule has 1 amide bonds. The summed E-state index contributed by atoms with van der Waals surface area (Å²) >= 11 is 1.59. The number of thiophene rings is 1. The molecule has 2 saturated heterocycles. The highest BCUT2D eigenvalue weighted by Gasteiger charge is 2.30. The molecule has 2 aliphatic heterocycles. The van der Waals surface area contributed by atoms with Gasteiger partial charge in [0.25, 0.3) is 0 Å². The number of benzene rings is 1. The van der Waals surface area contributed by atoms with Crippen LogP contribution in [0.15, 0.2) is 48.7 Å². The van der Waals surface area contributed by atoms with Gasteiger partial charge in [0.2, 0.25) is 5.91 Å². The Balaban J connectivity index is 1.06. The molecule has 3 aromatic rings. The third-order valence-electron chi connectivity index (χ3n) is 6.09. The highest BCUT2D eigenvalue weighted by atomic mass is 32.1. The summed E-state index contributed by atoms with van der Waals surface area (Å²) in [6, 6.07) is 14.2. The third-order valence-corrected chi connectivity index (χ3v) is 7.06. The summed E-state index contributed by atoms with van der Waals surface area (Å²) < 4.78 is 13.0. The van der Waals surface area contributed by atoms with Crippen LogP contribution in [0.25, 0.3) is 10.2 Å². The molecule has 0 spiro atoms. The van der Waals surface area contributed by atoms with Gasteiger partial charge in [-0.1, -0.05) is 11.3 Å². The molecule has 7 heteroatoms. The Morgan fingerprint density at radius 2 is 1.87 bits per heavy atom. The Labute approximate surface area is 186 Å². The first-order valence-corrected chi connectivity index (χ1v) is 11.8. The molecule has 0 bridgehead atoms. The summed E-state index contributed by atoms with van der Waals surface area (Å²) in [7, 11) is 0. The van der Waals surface area contributed by atoms with E-state index in [1.807, 2.05) is 42.5 Å². The Kier molecular flexibility index (Phi) is 6.04. The van der Waals surface area contributed by atoms with Gasteiger partial charge in [0.1, 0.15) is 18.1 Å². The highest BCUT2D eigenvalue weighted by molar-refractivity contribution is 7.20. The van der Waals surface area contributed by atoms with Crippen LogP contribution >= 0.6 is 11.3 Å².